The fraction of sp³-hybridized carbons (Fsp3) is 0.310. The topological polar surface area (TPSA) is 58.6 Å². The summed E-state index contributed by atoms with van der Waals surface area (Å²) in [6, 6.07) is 17.9. The third kappa shape index (κ3) is 8.22. The Balaban J connectivity index is 1.93. The van der Waals surface area contributed by atoms with Crippen LogP contribution in [0, 0.1) is 13.8 Å². The van der Waals surface area contributed by atoms with Crippen molar-refractivity contribution < 1.29 is 14.3 Å². The predicted octanol–water partition coefficient (Wildman–Crippen LogP) is 6.92. The molecule has 37 heavy (non-hydrogen) atoms. The second kappa shape index (κ2) is 13.8. The molecule has 1 atom stereocenters. The van der Waals surface area contributed by atoms with Crippen LogP contribution in [0.25, 0.3) is 0 Å². The first-order valence-electron chi connectivity index (χ1n) is 12.1. The van der Waals surface area contributed by atoms with Gasteiger partial charge in [0.25, 0.3) is 5.91 Å². The highest BCUT2D eigenvalue weighted by molar-refractivity contribution is 9.10. The smallest absolute Gasteiger partial charge is 0.261 e. The van der Waals surface area contributed by atoms with Crippen molar-refractivity contribution in [3.63, 3.8) is 0 Å². The van der Waals surface area contributed by atoms with E-state index in [4.69, 9.17) is 27.9 Å². The molecular weight excluding hydrogens is 575 g/mol. The number of rotatable bonds is 11. The lowest BCUT2D eigenvalue weighted by molar-refractivity contribution is -0.142. The summed E-state index contributed by atoms with van der Waals surface area (Å²) in [4.78, 5) is 28.6. The van der Waals surface area contributed by atoms with Gasteiger partial charge in [-0.05, 0) is 66.8 Å². The molecule has 5 nitrogen and oxygen atoms in total. The first kappa shape index (κ1) is 29.0. The number of hydrogen-bond donors (Lipinski definition) is 1. The van der Waals surface area contributed by atoms with Crippen molar-refractivity contribution in [1.82, 2.24) is 10.2 Å². The van der Waals surface area contributed by atoms with E-state index >= 15 is 0 Å². The van der Waals surface area contributed by atoms with Crippen molar-refractivity contribution in [1.29, 1.82) is 0 Å². The molecule has 0 unspecified atom stereocenters. The highest BCUT2D eigenvalue weighted by atomic mass is 79.9. The lowest BCUT2D eigenvalue weighted by Gasteiger charge is -2.31. The van der Waals surface area contributed by atoms with Crippen molar-refractivity contribution in [2.45, 2.75) is 46.2 Å². The lowest BCUT2D eigenvalue weighted by Crippen LogP contribution is -2.51. The van der Waals surface area contributed by atoms with E-state index in [1.165, 1.54) is 0 Å². The maximum absolute atomic E-state index is 13.7. The Morgan fingerprint density at radius 2 is 1.65 bits per heavy atom. The standard InChI is InChI=1S/C29H31BrCl2N2O3/c1-4-12-33-29(36)26(16-21-8-6-5-7-9-21)34(17-22-10-11-24(31)25(32)15-22)27(35)18-37-23-13-19(2)28(30)20(3)14-23/h5-11,13-15,26H,4,12,16-18H2,1-3H3,(H,33,36)/t26-/m0/s1. The van der Waals surface area contributed by atoms with Gasteiger partial charge in [-0.2, -0.15) is 0 Å². The second-order valence-electron chi connectivity index (χ2n) is 8.93. The van der Waals surface area contributed by atoms with Gasteiger partial charge in [0.15, 0.2) is 6.61 Å². The number of nitrogens with zero attached hydrogens (tertiary/aromatic N) is 1. The molecule has 0 aliphatic carbocycles. The minimum atomic E-state index is -0.743. The van der Waals surface area contributed by atoms with E-state index in [1.807, 2.05) is 63.2 Å². The molecule has 0 radical (unpaired) electrons. The van der Waals surface area contributed by atoms with Crippen molar-refractivity contribution in [2.24, 2.45) is 0 Å². The number of benzene rings is 3. The first-order chi connectivity index (χ1) is 17.7. The Bertz CT molecular complexity index is 1210. The third-order valence-corrected chi connectivity index (χ3v) is 7.92. The molecule has 0 bridgehead atoms. The normalized spacial score (nSPS) is 11.6. The zero-order chi connectivity index (χ0) is 26.9. The van der Waals surface area contributed by atoms with Crippen LogP contribution in [0.3, 0.4) is 0 Å². The molecule has 0 saturated heterocycles. The van der Waals surface area contributed by atoms with Crippen LogP contribution in [0.15, 0.2) is 65.1 Å². The highest BCUT2D eigenvalue weighted by Crippen LogP contribution is 2.27. The summed E-state index contributed by atoms with van der Waals surface area (Å²) in [6.07, 6.45) is 1.15. The minimum Gasteiger partial charge on any atom is -0.484 e. The molecule has 0 aliphatic rings. The maximum Gasteiger partial charge on any atom is 0.261 e. The van der Waals surface area contributed by atoms with Gasteiger partial charge in [-0.25, -0.2) is 0 Å². The summed E-state index contributed by atoms with van der Waals surface area (Å²) >= 11 is 15.9. The van der Waals surface area contributed by atoms with E-state index in [0.717, 1.165) is 33.1 Å². The molecule has 3 aromatic rings. The van der Waals surface area contributed by atoms with Crippen molar-refractivity contribution >= 4 is 50.9 Å². The SMILES string of the molecule is CCCNC(=O)[C@H](Cc1ccccc1)N(Cc1ccc(Cl)c(Cl)c1)C(=O)COc1cc(C)c(Br)c(C)c1. The van der Waals surface area contributed by atoms with E-state index in [0.29, 0.717) is 28.8 Å². The predicted molar refractivity (Wildman–Crippen MR) is 153 cm³/mol. The summed E-state index contributed by atoms with van der Waals surface area (Å²) in [5.41, 5.74) is 3.73. The molecule has 0 aromatic heterocycles. The summed E-state index contributed by atoms with van der Waals surface area (Å²) in [5, 5.41) is 3.78. The Kier molecular flexibility index (Phi) is 10.9. The second-order valence-corrected chi connectivity index (χ2v) is 10.5. The summed E-state index contributed by atoms with van der Waals surface area (Å²) in [5.74, 6) is 0.0717. The largest absolute Gasteiger partial charge is 0.484 e. The Labute approximate surface area is 237 Å². The van der Waals surface area contributed by atoms with Crippen molar-refractivity contribution in [3.8, 4) is 5.75 Å². The van der Waals surface area contributed by atoms with Crippen LogP contribution in [-0.4, -0.2) is 35.9 Å². The van der Waals surface area contributed by atoms with Gasteiger partial charge in [-0.1, -0.05) is 82.5 Å². The molecular formula is C29H31BrCl2N2O3. The molecule has 0 fully saturated rings. The molecule has 0 spiro atoms. The number of ether oxygens (including phenoxy) is 1. The molecule has 3 aromatic carbocycles. The van der Waals surface area contributed by atoms with Crippen LogP contribution in [0.2, 0.25) is 10.0 Å². The Hall–Kier alpha value is -2.54. The van der Waals surface area contributed by atoms with Crippen LogP contribution in [0.1, 0.15) is 35.6 Å². The summed E-state index contributed by atoms with van der Waals surface area (Å²) < 4.78 is 6.92. The molecule has 2 amide bonds. The van der Waals surface area contributed by atoms with E-state index in [1.54, 1.807) is 23.1 Å². The van der Waals surface area contributed by atoms with Crippen molar-refractivity contribution in [2.75, 3.05) is 13.2 Å². The monoisotopic (exact) mass is 604 g/mol. The molecule has 1 N–H and O–H groups in total. The van der Waals surface area contributed by atoms with Crippen LogP contribution in [0.5, 0.6) is 5.75 Å². The molecule has 3 rings (SSSR count). The average Bonchev–Trinajstić information content (AvgIpc) is 2.89. The zero-order valence-electron chi connectivity index (χ0n) is 21.2. The molecule has 0 aliphatic heterocycles. The number of nitrogens with one attached hydrogen (secondary N) is 1. The number of carbonyl (C=O) groups excluding carboxylic acids is 2. The minimum absolute atomic E-state index is 0.175. The van der Waals surface area contributed by atoms with Crippen molar-refractivity contribution in [3.05, 3.63) is 97.4 Å². The fourth-order valence-corrected chi connectivity index (χ4v) is 4.52. The maximum atomic E-state index is 13.7. The van der Waals surface area contributed by atoms with Crippen LogP contribution in [0.4, 0.5) is 0 Å². The van der Waals surface area contributed by atoms with Gasteiger partial charge in [0, 0.05) is 24.0 Å². The van der Waals surface area contributed by atoms with E-state index in [9.17, 15) is 9.59 Å². The van der Waals surface area contributed by atoms with Gasteiger partial charge in [-0.3, -0.25) is 9.59 Å². The number of halogens is 3. The van der Waals surface area contributed by atoms with E-state index in [2.05, 4.69) is 21.2 Å². The first-order valence-corrected chi connectivity index (χ1v) is 13.7. The number of amides is 2. The van der Waals surface area contributed by atoms with E-state index < -0.39 is 6.04 Å². The molecule has 196 valence electrons. The van der Waals surface area contributed by atoms with Gasteiger partial charge in [0.1, 0.15) is 11.8 Å². The molecule has 0 saturated carbocycles. The van der Waals surface area contributed by atoms with Crippen LogP contribution >= 0.6 is 39.1 Å². The fourth-order valence-electron chi connectivity index (χ4n) is 3.97. The van der Waals surface area contributed by atoms with Gasteiger partial charge in [-0.15, -0.1) is 0 Å². The lowest BCUT2D eigenvalue weighted by atomic mass is 10.0. The van der Waals surface area contributed by atoms with Crippen LogP contribution in [-0.2, 0) is 22.6 Å². The van der Waals surface area contributed by atoms with Gasteiger partial charge in [0.05, 0.1) is 10.0 Å². The quantitative estimate of drug-likeness (QED) is 0.258. The Morgan fingerprint density at radius 1 is 0.973 bits per heavy atom. The van der Waals surface area contributed by atoms with Crippen LogP contribution < -0.4 is 10.1 Å². The molecule has 0 heterocycles. The van der Waals surface area contributed by atoms with E-state index in [-0.39, 0.29) is 25.0 Å². The highest BCUT2D eigenvalue weighted by Gasteiger charge is 2.30. The average molecular weight is 606 g/mol. The third-order valence-electron chi connectivity index (χ3n) is 5.93. The summed E-state index contributed by atoms with van der Waals surface area (Å²) in [7, 11) is 0. The Morgan fingerprint density at radius 3 is 2.27 bits per heavy atom. The number of aryl methyl sites for hydroxylation is 2. The zero-order valence-corrected chi connectivity index (χ0v) is 24.3. The van der Waals surface area contributed by atoms with Gasteiger partial charge in [0.2, 0.25) is 5.91 Å². The van der Waals surface area contributed by atoms with Gasteiger partial charge < -0.3 is 15.0 Å². The summed E-state index contributed by atoms with van der Waals surface area (Å²) in [6.45, 7) is 6.41. The molecule has 8 heteroatoms. The van der Waals surface area contributed by atoms with Gasteiger partial charge >= 0.3 is 0 Å². The number of carbonyl (C=O) groups is 2. The number of hydrogen-bond acceptors (Lipinski definition) is 3.